The monoisotopic (exact) mass is 126 g/mol. The lowest BCUT2D eigenvalue weighted by molar-refractivity contribution is -0.117. The Kier molecular flexibility index (Phi) is 1.60. The van der Waals surface area contributed by atoms with Gasteiger partial charge in [-0.1, -0.05) is 20.3 Å². The molecule has 1 aliphatic carbocycles. The summed E-state index contributed by atoms with van der Waals surface area (Å²) < 4.78 is 0. The minimum atomic E-state index is 0.358. The molecule has 1 fully saturated rings. The van der Waals surface area contributed by atoms with E-state index in [4.69, 9.17) is 0 Å². The molecular formula is C8H14O. The van der Waals surface area contributed by atoms with Gasteiger partial charge >= 0.3 is 0 Å². The molecule has 0 heterocycles. The van der Waals surface area contributed by atoms with E-state index in [1.807, 2.05) is 0 Å². The average molecular weight is 126 g/mol. The molecule has 52 valence electrons. The molecule has 0 spiro atoms. The number of Topliss-reactive ketones (excluding diaryl/α,β-unsaturated/α-hetero) is 1. The molecule has 0 aromatic rings. The third-order valence-electron chi connectivity index (χ3n) is 2.48. The lowest BCUT2D eigenvalue weighted by Gasteiger charge is -2.18. The van der Waals surface area contributed by atoms with E-state index in [2.05, 4.69) is 13.8 Å². The molecule has 1 unspecified atom stereocenters. The van der Waals surface area contributed by atoms with Crippen molar-refractivity contribution in [1.82, 2.24) is 0 Å². The van der Waals surface area contributed by atoms with Gasteiger partial charge in [0.1, 0.15) is 5.78 Å². The van der Waals surface area contributed by atoms with Crippen molar-refractivity contribution in [2.75, 3.05) is 0 Å². The molecule has 0 bridgehead atoms. The predicted molar refractivity (Wildman–Crippen MR) is 37.3 cm³/mol. The van der Waals surface area contributed by atoms with Gasteiger partial charge in [-0.15, -0.1) is 0 Å². The standard InChI is InChI=1S/C8H14O/c1-3-8(2)5-4-7(9)6-8/h3-6H2,1-2H3. The van der Waals surface area contributed by atoms with Crippen LogP contribution in [0.25, 0.3) is 0 Å². The van der Waals surface area contributed by atoms with Crippen molar-refractivity contribution in [1.29, 1.82) is 0 Å². The van der Waals surface area contributed by atoms with Crippen LogP contribution in [0, 0.1) is 5.41 Å². The molecule has 1 heteroatoms. The second kappa shape index (κ2) is 2.13. The topological polar surface area (TPSA) is 17.1 Å². The van der Waals surface area contributed by atoms with Gasteiger partial charge in [-0.05, 0) is 11.8 Å². The predicted octanol–water partition coefficient (Wildman–Crippen LogP) is 2.16. The lowest BCUT2D eigenvalue weighted by Crippen LogP contribution is -2.09. The Bertz CT molecular complexity index is 129. The fraction of sp³-hybridized carbons (Fsp3) is 0.875. The Balaban J connectivity index is 2.54. The first-order chi connectivity index (χ1) is 4.16. The summed E-state index contributed by atoms with van der Waals surface area (Å²) in [4.78, 5) is 10.8. The van der Waals surface area contributed by atoms with Crippen LogP contribution < -0.4 is 0 Å². The number of hydrogen-bond donors (Lipinski definition) is 0. The van der Waals surface area contributed by atoms with Gasteiger partial charge in [-0.2, -0.15) is 0 Å². The molecule has 1 rings (SSSR count). The summed E-state index contributed by atoms with van der Waals surface area (Å²) in [6.07, 6.45) is 3.91. The summed E-state index contributed by atoms with van der Waals surface area (Å²) in [5.41, 5.74) is 0.358. The van der Waals surface area contributed by atoms with E-state index in [0.29, 0.717) is 11.2 Å². The zero-order valence-corrected chi connectivity index (χ0v) is 6.24. The van der Waals surface area contributed by atoms with E-state index >= 15 is 0 Å². The van der Waals surface area contributed by atoms with Gasteiger partial charge in [0, 0.05) is 12.8 Å². The molecule has 0 aromatic heterocycles. The van der Waals surface area contributed by atoms with Crippen molar-refractivity contribution in [2.45, 2.75) is 39.5 Å². The first kappa shape index (κ1) is 6.79. The van der Waals surface area contributed by atoms with Crippen molar-refractivity contribution in [3.8, 4) is 0 Å². The molecule has 0 saturated heterocycles. The summed E-state index contributed by atoms with van der Waals surface area (Å²) in [5.74, 6) is 0.458. The largest absolute Gasteiger partial charge is 0.300 e. The molecule has 0 radical (unpaired) electrons. The highest BCUT2D eigenvalue weighted by molar-refractivity contribution is 5.81. The molecule has 9 heavy (non-hydrogen) atoms. The zero-order valence-electron chi connectivity index (χ0n) is 6.24. The third kappa shape index (κ3) is 1.32. The van der Waals surface area contributed by atoms with Gasteiger partial charge in [0.05, 0.1) is 0 Å². The van der Waals surface area contributed by atoms with Crippen LogP contribution in [-0.4, -0.2) is 5.78 Å². The van der Waals surface area contributed by atoms with E-state index in [9.17, 15) is 4.79 Å². The van der Waals surface area contributed by atoms with Crippen molar-refractivity contribution < 1.29 is 4.79 Å². The Hall–Kier alpha value is -0.330. The number of hydrogen-bond acceptors (Lipinski definition) is 1. The van der Waals surface area contributed by atoms with Crippen molar-refractivity contribution >= 4 is 5.78 Å². The Morgan fingerprint density at radius 3 is 2.56 bits per heavy atom. The molecule has 0 aromatic carbocycles. The van der Waals surface area contributed by atoms with Crippen LogP contribution in [0.2, 0.25) is 0 Å². The van der Waals surface area contributed by atoms with Gasteiger partial charge in [0.15, 0.2) is 0 Å². The van der Waals surface area contributed by atoms with Crippen LogP contribution >= 0.6 is 0 Å². The highest BCUT2D eigenvalue weighted by Gasteiger charge is 2.31. The second-order valence-electron chi connectivity index (χ2n) is 3.38. The van der Waals surface area contributed by atoms with Crippen LogP contribution in [0.3, 0.4) is 0 Å². The first-order valence-corrected chi connectivity index (χ1v) is 3.68. The van der Waals surface area contributed by atoms with Crippen LogP contribution in [0.5, 0.6) is 0 Å². The third-order valence-corrected chi connectivity index (χ3v) is 2.48. The molecule has 0 amide bonds. The second-order valence-corrected chi connectivity index (χ2v) is 3.38. The number of ketones is 1. The molecule has 1 aliphatic rings. The highest BCUT2D eigenvalue weighted by Crippen LogP contribution is 2.37. The van der Waals surface area contributed by atoms with E-state index in [1.165, 1.54) is 0 Å². The van der Waals surface area contributed by atoms with Crippen LogP contribution in [0.1, 0.15) is 39.5 Å². The van der Waals surface area contributed by atoms with E-state index in [-0.39, 0.29) is 0 Å². The summed E-state index contributed by atoms with van der Waals surface area (Å²) in [5, 5.41) is 0. The first-order valence-electron chi connectivity index (χ1n) is 3.68. The van der Waals surface area contributed by atoms with Gasteiger partial charge in [0.25, 0.3) is 0 Å². The average Bonchev–Trinajstić information content (AvgIpc) is 2.13. The highest BCUT2D eigenvalue weighted by atomic mass is 16.1. The minimum absolute atomic E-state index is 0.358. The Morgan fingerprint density at radius 1 is 1.67 bits per heavy atom. The fourth-order valence-electron chi connectivity index (χ4n) is 1.40. The van der Waals surface area contributed by atoms with Gasteiger partial charge in [0.2, 0.25) is 0 Å². The molecule has 0 N–H and O–H groups in total. The minimum Gasteiger partial charge on any atom is -0.300 e. The van der Waals surface area contributed by atoms with Crippen LogP contribution in [-0.2, 0) is 4.79 Å². The van der Waals surface area contributed by atoms with Crippen molar-refractivity contribution in [2.24, 2.45) is 5.41 Å². The quantitative estimate of drug-likeness (QED) is 0.526. The molecular weight excluding hydrogens is 112 g/mol. The molecule has 1 saturated carbocycles. The summed E-state index contributed by atoms with van der Waals surface area (Å²) in [6.45, 7) is 4.37. The maximum absolute atomic E-state index is 10.8. The van der Waals surface area contributed by atoms with Gasteiger partial charge in [-0.3, -0.25) is 4.79 Å². The van der Waals surface area contributed by atoms with Gasteiger partial charge in [-0.25, -0.2) is 0 Å². The Labute approximate surface area is 56.4 Å². The fourth-order valence-corrected chi connectivity index (χ4v) is 1.40. The number of carbonyl (C=O) groups is 1. The smallest absolute Gasteiger partial charge is 0.133 e. The molecule has 1 nitrogen and oxygen atoms in total. The maximum Gasteiger partial charge on any atom is 0.133 e. The van der Waals surface area contributed by atoms with Crippen LogP contribution in [0.4, 0.5) is 0 Å². The van der Waals surface area contributed by atoms with Crippen LogP contribution in [0.15, 0.2) is 0 Å². The zero-order chi connectivity index (χ0) is 6.91. The summed E-state index contributed by atoms with van der Waals surface area (Å²) in [7, 11) is 0. The van der Waals surface area contributed by atoms with Crippen molar-refractivity contribution in [3.05, 3.63) is 0 Å². The summed E-state index contributed by atoms with van der Waals surface area (Å²) >= 11 is 0. The van der Waals surface area contributed by atoms with E-state index in [1.54, 1.807) is 0 Å². The van der Waals surface area contributed by atoms with E-state index < -0.39 is 0 Å². The SMILES string of the molecule is CCC1(C)CCC(=O)C1. The molecule has 1 atom stereocenters. The van der Waals surface area contributed by atoms with E-state index in [0.717, 1.165) is 25.7 Å². The molecule has 0 aliphatic heterocycles. The van der Waals surface area contributed by atoms with Crippen molar-refractivity contribution in [3.63, 3.8) is 0 Å². The number of carbonyl (C=O) groups excluding carboxylic acids is 1. The van der Waals surface area contributed by atoms with Gasteiger partial charge < -0.3 is 0 Å². The normalized spacial score (nSPS) is 35.6. The summed E-state index contributed by atoms with van der Waals surface area (Å²) in [6, 6.07) is 0. The maximum atomic E-state index is 10.8. The lowest BCUT2D eigenvalue weighted by atomic mass is 9.86. The number of rotatable bonds is 1. The Morgan fingerprint density at radius 2 is 2.33 bits per heavy atom.